The quantitative estimate of drug-likeness (QED) is 0.714. The van der Waals surface area contributed by atoms with Crippen LogP contribution in [-0.2, 0) is 16.3 Å². The zero-order valence-corrected chi connectivity index (χ0v) is 15.2. The second-order valence-corrected chi connectivity index (χ2v) is 8.60. The molecule has 0 bridgehead atoms. The molecule has 0 radical (unpaired) electrons. The van der Waals surface area contributed by atoms with Crippen LogP contribution in [-0.4, -0.2) is 26.5 Å². The summed E-state index contributed by atoms with van der Waals surface area (Å²) < 4.78 is 32.0. The molecule has 26 heavy (non-hydrogen) atoms. The maximum Gasteiger partial charge on any atom is 0.240 e. The normalized spacial score (nSPS) is 16.2. The molecular weight excluding hydrogens is 350 g/mol. The Morgan fingerprint density at radius 1 is 1.19 bits per heavy atom. The number of methoxy groups -OCH3 is 1. The average Bonchev–Trinajstić information content (AvgIpc) is 3.52. The number of aromatic nitrogens is 2. The molecule has 4 rings (SSSR count). The molecule has 1 aromatic carbocycles. The van der Waals surface area contributed by atoms with Gasteiger partial charge in [-0.2, -0.15) is 0 Å². The molecule has 3 aromatic rings. The SMILES string of the molecule is COc1nccc2c(OCc3cccc(S(=N)(=O)C4CC4)c3)ccnc12. The van der Waals surface area contributed by atoms with Crippen molar-refractivity contribution in [3.63, 3.8) is 0 Å². The number of nitrogens with zero attached hydrogens (tertiary/aromatic N) is 2. The Morgan fingerprint density at radius 2 is 2.00 bits per heavy atom. The summed E-state index contributed by atoms with van der Waals surface area (Å²) in [6, 6.07) is 11.0. The third kappa shape index (κ3) is 3.10. The third-order valence-corrected chi connectivity index (χ3v) is 6.78. The van der Waals surface area contributed by atoms with Gasteiger partial charge in [0.25, 0.3) is 0 Å². The molecule has 1 aliphatic carbocycles. The lowest BCUT2D eigenvalue weighted by Crippen LogP contribution is -2.06. The largest absolute Gasteiger partial charge is 0.488 e. The van der Waals surface area contributed by atoms with Crippen LogP contribution >= 0.6 is 0 Å². The van der Waals surface area contributed by atoms with E-state index in [2.05, 4.69) is 9.97 Å². The van der Waals surface area contributed by atoms with E-state index in [1.54, 1.807) is 31.6 Å². The maximum atomic E-state index is 12.6. The van der Waals surface area contributed by atoms with E-state index >= 15 is 0 Å². The van der Waals surface area contributed by atoms with Crippen LogP contribution in [0.4, 0.5) is 0 Å². The molecule has 0 saturated heterocycles. The fraction of sp³-hybridized carbons (Fsp3) is 0.263. The van der Waals surface area contributed by atoms with Crippen LogP contribution in [0.1, 0.15) is 18.4 Å². The summed E-state index contributed by atoms with van der Waals surface area (Å²) in [5.41, 5.74) is 1.53. The van der Waals surface area contributed by atoms with E-state index in [4.69, 9.17) is 14.3 Å². The molecular formula is C19H19N3O3S. The van der Waals surface area contributed by atoms with E-state index in [1.165, 1.54) is 0 Å². The molecule has 7 heteroatoms. The Labute approximate surface area is 152 Å². The zero-order valence-electron chi connectivity index (χ0n) is 14.3. The van der Waals surface area contributed by atoms with Crippen molar-refractivity contribution in [2.45, 2.75) is 29.6 Å². The highest BCUT2D eigenvalue weighted by Crippen LogP contribution is 2.34. The monoisotopic (exact) mass is 369 g/mol. The molecule has 6 nitrogen and oxygen atoms in total. The van der Waals surface area contributed by atoms with E-state index in [1.807, 2.05) is 24.3 Å². The zero-order chi connectivity index (χ0) is 18.1. The van der Waals surface area contributed by atoms with Crippen molar-refractivity contribution >= 4 is 20.6 Å². The third-order valence-electron chi connectivity index (χ3n) is 4.42. The lowest BCUT2D eigenvalue weighted by molar-refractivity contribution is 0.309. The van der Waals surface area contributed by atoms with Gasteiger partial charge < -0.3 is 9.47 Å². The first-order valence-electron chi connectivity index (χ1n) is 8.36. The molecule has 1 unspecified atom stereocenters. The number of rotatable bonds is 6. The molecule has 1 aliphatic rings. The lowest BCUT2D eigenvalue weighted by Gasteiger charge is -2.12. The maximum absolute atomic E-state index is 12.6. The van der Waals surface area contributed by atoms with Gasteiger partial charge in [0.1, 0.15) is 17.9 Å². The summed E-state index contributed by atoms with van der Waals surface area (Å²) in [7, 11) is -1.15. The van der Waals surface area contributed by atoms with Gasteiger partial charge in [-0.25, -0.2) is 14.0 Å². The van der Waals surface area contributed by atoms with Crippen molar-refractivity contribution in [1.82, 2.24) is 9.97 Å². The Morgan fingerprint density at radius 3 is 2.77 bits per heavy atom. The second kappa shape index (κ2) is 6.57. The molecule has 0 spiro atoms. The number of nitrogens with one attached hydrogen (secondary N) is 1. The smallest absolute Gasteiger partial charge is 0.240 e. The highest BCUT2D eigenvalue weighted by molar-refractivity contribution is 7.93. The van der Waals surface area contributed by atoms with Gasteiger partial charge in [0.2, 0.25) is 5.88 Å². The summed E-state index contributed by atoms with van der Waals surface area (Å²) >= 11 is 0. The molecule has 0 amide bonds. The van der Waals surface area contributed by atoms with Crippen LogP contribution in [0.25, 0.3) is 10.9 Å². The van der Waals surface area contributed by atoms with Crippen LogP contribution in [0.5, 0.6) is 11.6 Å². The van der Waals surface area contributed by atoms with Crippen LogP contribution in [0.15, 0.2) is 53.7 Å². The van der Waals surface area contributed by atoms with Crippen molar-refractivity contribution in [2.75, 3.05) is 7.11 Å². The molecule has 1 N–H and O–H groups in total. The van der Waals surface area contributed by atoms with E-state index < -0.39 is 9.73 Å². The minimum absolute atomic E-state index is 0.00257. The topological polar surface area (TPSA) is 85.2 Å². The van der Waals surface area contributed by atoms with E-state index in [9.17, 15) is 4.21 Å². The van der Waals surface area contributed by atoms with Crippen LogP contribution < -0.4 is 9.47 Å². The molecule has 0 aliphatic heterocycles. The van der Waals surface area contributed by atoms with Gasteiger partial charge in [0.15, 0.2) is 0 Å². The Bertz CT molecular complexity index is 1060. The average molecular weight is 369 g/mol. The van der Waals surface area contributed by atoms with Gasteiger partial charge in [-0.1, -0.05) is 12.1 Å². The van der Waals surface area contributed by atoms with Crippen LogP contribution in [0.3, 0.4) is 0 Å². The Balaban J connectivity index is 1.59. The first kappa shape index (κ1) is 16.8. The summed E-state index contributed by atoms with van der Waals surface area (Å²) in [5, 5.41) is 0.820. The Hall–Kier alpha value is -2.67. The predicted molar refractivity (Wildman–Crippen MR) is 99.0 cm³/mol. The number of hydrogen-bond acceptors (Lipinski definition) is 6. The van der Waals surface area contributed by atoms with Crippen LogP contribution in [0, 0.1) is 4.78 Å². The van der Waals surface area contributed by atoms with E-state index in [0.717, 1.165) is 23.8 Å². The molecule has 1 saturated carbocycles. The van der Waals surface area contributed by atoms with Crippen LogP contribution in [0.2, 0.25) is 0 Å². The fourth-order valence-electron chi connectivity index (χ4n) is 2.88. The van der Waals surface area contributed by atoms with Gasteiger partial charge in [-0.05, 0) is 42.7 Å². The van der Waals surface area contributed by atoms with Crippen molar-refractivity contribution in [1.29, 1.82) is 4.78 Å². The summed E-state index contributed by atoms with van der Waals surface area (Å²) in [4.78, 5) is 9.05. The highest BCUT2D eigenvalue weighted by atomic mass is 32.2. The minimum Gasteiger partial charge on any atom is -0.488 e. The molecule has 1 atom stereocenters. The second-order valence-electron chi connectivity index (χ2n) is 6.26. The summed E-state index contributed by atoms with van der Waals surface area (Å²) in [5.74, 6) is 1.13. The van der Waals surface area contributed by atoms with Gasteiger partial charge in [0, 0.05) is 27.9 Å². The molecule has 1 fully saturated rings. The molecule has 134 valence electrons. The standard InChI is InChI=1S/C19H19N3O3S/c1-24-19-18-16(7-9-22-19)17(8-10-21-18)25-12-13-3-2-4-15(11-13)26(20,23)14-5-6-14/h2-4,7-11,14,20H,5-6,12H2,1H3. The molecule has 2 aromatic heterocycles. The Kier molecular flexibility index (Phi) is 4.24. The number of hydrogen-bond donors (Lipinski definition) is 1. The van der Waals surface area contributed by atoms with Crippen molar-refractivity contribution in [3.05, 3.63) is 54.4 Å². The minimum atomic E-state index is -2.71. The van der Waals surface area contributed by atoms with Gasteiger partial charge in [-0.15, -0.1) is 0 Å². The number of fused-ring (bicyclic) bond motifs is 1. The highest BCUT2D eigenvalue weighted by Gasteiger charge is 2.33. The summed E-state index contributed by atoms with van der Waals surface area (Å²) in [6.45, 7) is 0.317. The molecule has 2 heterocycles. The van der Waals surface area contributed by atoms with E-state index in [0.29, 0.717) is 28.6 Å². The predicted octanol–water partition coefficient (Wildman–Crippen LogP) is 3.79. The first-order chi connectivity index (χ1) is 12.6. The summed E-state index contributed by atoms with van der Waals surface area (Å²) in [6.07, 6.45) is 5.06. The number of pyridine rings is 2. The number of benzene rings is 1. The fourth-order valence-corrected chi connectivity index (χ4v) is 4.67. The van der Waals surface area contributed by atoms with Crippen molar-refractivity contribution in [3.8, 4) is 11.6 Å². The van der Waals surface area contributed by atoms with Crippen molar-refractivity contribution < 1.29 is 13.7 Å². The van der Waals surface area contributed by atoms with Gasteiger partial charge in [-0.3, -0.25) is 4.98 Å². The van der Waals surface area contributed by atoms with Gasteiger partial charge >= 0.3 is 0 Å². The lowest BCUT2D eigenvalue weighted by atomic mass is 10.2. The first-order valence-corrected chi connectivity index (χ1v) is 9.99. The number of ether oxygens (including phenoxy) is 2. The van der Waals surface area contributed by atoms with Crippen molar-refractivity contribution in [2.24, 2.45) is 0 Å². The van der Waals surface area contributed by atoms with E-state index in [-0.39, 0.29) is 5.25 Å². The van der Waals surface area contributed by atoms with Gasteiger partial charge in [0.05, 0.1) is 16.8 Å².